The number of allylic oxidation sites excluding steroid dienone is 2. The first-order chi connectivity index (χ1) is 12.9. The van der Waals surface area contributed by atoms with Crippen molar-refractivity contribution in [3.63, 3.8) is 0 Å². The Hall–Kier alpha value is 0.280. The molecule has 5 nitrogen and oxygen atoms in total. The van der Waals surface area contributed by atoms with Crippen molar-refractivity contribution in [1.29, 1.82) is 0 Å². The van der Waals surface area contributed by atoms with Gasteiger partial charge in [-0.25, -0.2) is 0 Å². The van der Waals surface area contributed by atoms with Crippen LogP contribution in [-0.2, 0) is 14.9 Å². The van der Waals surface area contributed by atoms with Gasteiger partial charge in [-0.15, -0.1) is 0 Å². The van der Waals surface area contributed by atoms with Crippen LogP contribution >= 0.6 is 0 Å². The summed E-state index contributed by atoms with van der Waals surface area (Å²) in [6.07, 6.45) is 20.6. The predicted octanol–water partition coefficient (Wildman–Crippen LogP) is 4.69. The van der Waals surface area contributed by atoms with Gasteiger partial charge in [0.05, 0.1) is 11.8 Å². The van der Waals surface area contributed by atoms with Crippen molar-refractivity contribution in [3.05, 3.63) is 12.2 Å². The van der Waals surface area contributed by atoms with Crippen LogP contribution in [0.4, 0.5) is 0 Å². The molecule has 0 aliphatic heterocycles. The van der Waals surface area contributed by atoms with Gasteiger partial charge in [0.25, 0.3) is 10.1 Å². The van der Waals surface area contributed by atoms with E-state index in [0.29, 0.717) is 6.42 Å². The first-order valence-corrected chi connectivity index (χ1v) is 12.3. The van der Waals surface area contributed by atoms with Crippen molar-refractivity contribution >= 4 is 45.5 Å². The fourth-order valence-corrected chi connectivity index (χ4v) is 3.87. The van der Waals surface area contributed by atoms with Gasteiger partial charge in [-0.2, -0.15) is 8.42 Å². The van der Waals surface area contributed by atoms with Gasteiger partial charge in [0.15, 0.2) is 5.78 Å². The number of Topliss-reactive ketones (excluding diaryl/α,β-unsaturated/α-hetero) is 1. The van der Waals surface area contributed by atoms with Gasteiger partial charge >= 0.3 is 0 Å². The van der Waals surface area contributed by atoms with E-state index in [0.717, 1.165) is 32.1 Å². The largest absolute Gasteiger partial charge is 0.310 e. The molecule has 0 aromatic heterocycles. The Kier molecular flexibility index (Phi) is 22.4. The molecule has 0 heterocycles. The van der Waals surface area contributed by atoms with E-state index in [-0.39, 0.29) is 35.3 Å². The second kappa shape index (κ2) is 20.5. The summed E-state index contributed by atoms with van der Waals surface area (Å²) in [5, 5.41) is 2.66. The Labute approximate surface area is 195 Å². The molecule has 28 heavy (non-hydrogen) atoms. The molecular formula is C21H41NNaO4S. The van der Waals surface area contributed by atoms with Gasteiger partial charge in [-0.05, 0) is 39.2 Å². The molecule has 0 saturated heterocycles. The van der Waals surface area contributed by atoms with Gasteiger partial charge in [0.1, 0.15) is 0 Å². The van der Waals surface area contributed by atoms with E-state index in [1.165, 1.54) is 58.4 Å². The molecule has 0 aromatic rings. The van der Waals surface area contributed by atoms with Crippen molar-refractivity contribution in [2.45, 2.75) is 103 Å². The molecule has 0 rings (SSSR count). The van der Waals surface area contributed by atoms with Crippen molar-refractivity contribution in [2.75, 3.05) is 12.8 Å². The van der Waals surface area contributed by atoms with Crippen LogP contribution in [0, 0.1) is 0 Å². The average molecular weight is 427 g/mol. The van der Waals surface area contributed by atoms with E-state index in [9.17, 15) is 13.2 Å². The van der Waals surface area contributed by atoms with E-state index in [4.69, 9.17) is 4.55 Å². The molecule has 0 amide bonds. The SMILES string of the molecule is CCCCCCCC/C=C\CCCCCCCC(=O)C(CS(=O)(=O)O)NC.[Na]. The smallest absolute Gasteiger partial charge is 0.266 e. The molecule has 0 aliphatic carbocycles. The van der Waals surface area contributed by atoms with Crippen LogP contribution in [0.25, 0.3) is 0 Å². The first-order valence-electron chi connectivity index (χ1n) is 10.7. The maximum Gasteiger partial charge on any atom is 0.266 e. The summed E-state index contributed by atoms with van der Waals surface area (Å²) in [6, 6.07) is -0.809. The van der Waals surface area contributed by atoms with Crippen molar-refractivity contribution in [2.24, 2.45) is 0 Å². The van der Waals surface area contributed by atoms with Crippen LogP contribution in [0.1, 0.15) is 96.8 Å². The summed E-state index contributed by atoms with van der Waals surface area (Å²) in [6.45, 7) is 2.25. The Balaban J connectivity index is 0. The number of carbonyl (C=O) groups excluding carboxylic acids is 1. The molecule has 0 aromatic carbocycles. The van der Waals surface area contributed by atoms with Crippen LogP contribution in [0.15, 0.2) is 12.2 Å². The molecule has 0 aliphatic rings. The zero-order chi connectivity index (χ0) is 20.4. The molecule has 161 valence electrons. The summed E-state index contributed by atoms with van der Waals surface area (Å²) < 4.78 is 30.6. The Morgan fingerprint density at radius 3 is 1.82 bits per heavy atom. The van der Waals surface area contributed by atoms with Gasteiger partial charge in [-0.1, -0.05) is 70.4 Å². The third kappa shape index (κ3) is 21.0. The van der Waals surface area contributed by atoms with Crippen LogP contribution in [0.3, 0.4) is 0 Å². The van der Waals surface area contributed by atoms with Crippen LogP contribution in [-0.4, -0.2) is 67.2 Å². The van der Waals surface area contributed by atoms with Crippen LogP contribution in [0.5, 0.6) is 0 Å². The summed E-state index contributed by atoms with van der Waals surface area (Å²) in [7, 11) is -2.59. The number of likely N-dealkylation sites (N-methyl/N-ethyl adjacent to an activating group) is 1. The van der Waals surface area contributed by atoms with Gasteiger partial charge in [0, 0.05) is 36.0 Å². The van der Waals surface area contributed by atoms with E-state index >= 15 is 0 Å². The summed E-state index contributed by atoms with van der Waals surface area (Å²) in [5.74, 6) is -0.694. The second-order valence-electron chi connectivity index (χ2n) is 7.39. The van der Waals surface area contributed by atoms with Gasteiger partial charge < -0.3 is 5.32 Å². The van der Waals surface area contributed by atoms with Crippen molar-refractivity contribution in [3.8, 4) is 0 Å². The van der Waals surface area contributed by atoms with E-state index in [2.05, 4.69) is 24.4 Å². The molecule has 7 heteroatoms. The fourth-order valence-electron chi connectivity index (χ4n) is 3.09. The fraction of sp³-hybridized carbons (Fsp3) is 0.857. The topological polar surface area (TPSA) is 83.5 Å². The number of hydrogen-bond acceptors (Lipinski definition) is 4. The molecule has 0 bridgehead atoms. The molecule has 1 unspecified atom stereocenters. The minimum atomic E-state index is -4.13. The summed E-state index contributed by atoms with van der Waals surface area (Å²) in [5.41, 5.74) is 0. The number of nitrogens with one attached hydrogen (secondary N) is 1. The van der Waals surface area contributed by atoms with E-state index in [1.54, 1.807) is 0 Å². The molecular weight excluding hydrogens is 385 g/mol. The second-order valence-corrected chi connectivity index (χ2v) is 8.89. The number of carbonyl (C=O) groups is 1. The maximum absolute atomic E-state index is 11.9. The monoisotopic (exact) mass is 426 g/mol. The standard InChI is InChI=1S/C21H41NO4S.Na/c1-3-4-5-6-7-8-9-10-11-12-13-14-15-16-17-18-21(23)20(22-2)19-27(24,25)26;/h10-11,20,22H,3-9,12-19H2,1-2H3,(H,24,25,26);/b11-10-;. The van der Waals surface area contributed by atoms with E-state index < -0.39 is 21.9 Å². The number of hydrogen-bond donors (Lipinski definition) is 2. The van der Waals surface area contributed by atoms with Crippen LogP contribution in [0.2, 0.25) is 0 Å². The Bertz CT molecular complexity index is 495. The number of unbranched alkanes of at least 4 members (excludes halogenated alkanes) is 11. The minimum Gasteiger partial charge on any atom is -0.310 e. The zero-order valence-corrected chi connectivity index (χ0v) is 21.2. The van der Waals surface area contributed by atoms with Crippen LogP contribution < -0.4 is 5.32 Å². The molecule has 1 radical (unpaired) electrons. The van der Waals surface area contributed by atoms with Crippen molar-refractivity contribution < 1.29 is 17.8 Å². The summed E-state index contributed by atoms with van der Waals surface area (Å²) in [4.78, 5) is 11.9. The van der Waals surface area contributed by atoms with Gasteiger partial charge in [-0.3, -0.25) is 9.35 Å². The molecule has 0 saturated carbocycles. The molecule has 0 fully saturated rings. The Morgan fingerprint density at radius 1 is 0.893 bits per heavy atom. The van der Waals surface area contributed by atoms with E-state index in [1.807, 2.05) is 0 Å². The third-order valence-electron chi connectivity index (χ3n) is 4.80. The van der Waals surface area contributed by atoms with Gasteiger partial charge in [0.2, 0.25) is 0 Å². The molecule has 0 spiro atoms. The molecule has 1 atom stereocenters. The Morgan fingerprint density at radius 2 is 1.36 bits per heavy atom. The minimum absolute atomic E-state index is 0. The molecule has 2 N–H and O–H groups in total. The normalized spacial score (nSPS) is 12.8. The number of rotatable bonds is 19. The number of ketones is 1. The first kappa shape index (κ1) is 30.5. The summed E-state index contributed by atoms with van der Waals surface area (Å²) >= 11 is 0. The predicted molar refractivity (Wildman–Crippen MR) is 119 cm³/mol. The zero-order valence-electron chi connectivity index (χ0n) is 18.4. The van der Waals surface area contributed by atoms with Crippen molar-refractivity contribution in [1.82, 2.24) is 5.32 Å². The maximum atomic E-state index is 11.9. The third-order valence-corrected chi connectivity index (χ3v) is 5.55. The quantitative estimate of drug-likeness (QED) is 0.135. The average Bonchev–Trinajstić information content (AvgIpc) is 2.62.